The predicted molar refractivity (Wildman–Crippen MR) is 147 cm³/mol. The summed E-state index contributed by atoms with van der Waals surface area (Å²) in [6.45, 7) is 1.44. The first kappa shape index (κ1) is 27.7. The lowest BCUT2D eigenvalue weighted by atomic mass is 9.83. The maximum absolute atomic E-state index is 15.1. The number of amides is 1. The molecular weight excluding hydrogens is 543 g/mol. The SMILES string of the molecule is CC(C(=O)O)c1ccc(NC(=O)C(C2CCCCC2)n2c(-c3ccc(Cl)cc3)nc3cc(F)c(F)cc32)c(F)c1. The number of rotatable bonds is 7. The minimum atomic E-state index is -1.10. The highest BCUT2D eigenvalue weighted by molar-refractivity contribution is 6.30. The van der Waals surface area contributed by atoms with Gasteiger partial charge in [-0.25, -0.2) is 18.2 Å². The van der Waals surface area contributed by atoms with Crippen LogP contribution in [0.5, 0.6) is 0 Å². The number of nitrogens with zero attached hydrogens (tertiary/aromatic N) is 2. The van der Waals surface area contributed by atoms with Crippen LogP contribution in [-0.2, 0) is 9.59 Å². The minimum Gasteiger partial charge on any atom is -0.481 e. The summed E-state index contributed by atoms with van der Waals surface area (Å²) in [7, 11) is 0. The van der Waals surface area contributed by atoms with Crippen molar-refractivity contribution < 1.29 is 27.9 Å². The molecule has 0 spiro atoms. The average molecular weight is 570 g/mol. The molecule has 2 atom stereocenters. The Balaban J connectivity index is 1.63. The van der Waals surface area contributed by atoms with E-state index in [0.717, 1.165) is 37.5 Å². The number of fused-ring (bicyclic) bond motifs is 1. The molecular formula is C30H27ClF3N3O3. The molecule has 0 saturated heterocycles. The van der Waals surface area contributed by atoms with E-state index in [4.69, 9.17) is 11.6 Å². The normalized spacial score (nSPS) is 15.6. The molecule has 6 nitrogen and oxygen atoms in total. The minimum absolute atomic E-state index is 0.109. The smallest absolute Gasteiger partial charge is 0.310 e. The zero-order valence-electron chi connectivity index (χ0n) is 21.6. The zero-order chi connectivity index (χ0) is 28.6. The number of anilines is 1. The number of carbonyl (C=O) groups excluding carboxylic acids is 1. The third-order valence-corrected chi connectivity index (χ3v) is 7.85. The number of halogens is 4. The van der Waals surface area contributed by atoms with E-state index >= 15 is 4.39 Å². The van der Waals surface area contributed by atoms with E-state index < -0.39 is 41.3 Å². The Morgan fingerprint density at radius 2 is 1.65 bits per heavy atom. The highest BCUT2D eigenvalue weighted by Gasteiger charge is 2.35. The molecule has 40 heavy (non-hydrogen) atoms. The van der Waals surface area contributed by atoms with Crippen molar-refractivity contribution in [1.29, 1.82) is 0 Å². The van der Waals surface area contributed by atoms with Crippen molar-refractivity contribution >= 4 is 40.2 Å². The summed E-state index contributed by atoms with van der Waals surface area (Å²) in [6, 6.07) is 11.7. The van der Waals surface area contributed by atoms with E-state index in [0.29, 0.717) is 29.3 Å². The molecule has 1 amide bonds. The highest BCUT2D eigenvalue weighted by atomic mass is 35.5. The lowest BCUT2D eigenvalue weighted by Gasteiger charge is -2.32. The van der Waals surface area contributed by atoms with Crippen LogP contribution in [0.3, 0.4) is 0 Å². The molecule has 1 aromatic heterocycles. The molecule has 0 aliphatic heterocycles. The summed E-state index contributed by atoms with van der Waals surface area (Å²) in [4.78, 5) is 29.9. The van der Waals surface area contributed by atoms with Crippen LogP contribution in [0, 0.1) is 23.4 Å². The van der Waals surface area contributed by atoms with Gasteiger partial charge in [-0.1, -0.05) is 36.9 Å². The van der Waals surface area contributed by atoms with E-state index in [1.807, 2.05) is 0 Å². The van der Waals surface area contributed by atoms with Crippen LogP contribution in [-0.4, -0.2) is 26.5 Å². The van der Waals surface area contributed by atoms with Crippen molar-refractivity contribution in [3.05, 3.63) is 82.6 Å². The fourth-order valence-corrected chi connectivity index (χ4v) is 5.54. The first-order chi connectivity index (χ1) is 19.1. The van der Waals surface area contributed by atoms with Crippen molar-refractivity contribution in [3.63, 3.8) is 0 Å². The van der Waals surface area contributed by atoms with Crippen LogP contribution in [0.2, 0.25) is 5.02 Å². The summed E-state index contributed by atoms with van der Waals surface area (Å²) in [6.07, 6.45) is 4.20. The van der Waals surface area contributed by atoms with Gasteiger partial charge >= 0.3 is 5.97 Å². The molecule has 10 heteroatoms. The number of aliphatic carboxylic acids is 1. The molecule has 0 bridgehead atoms. The number of nitrogens with one attached hydrogen (secondary N) is 1. The molecule has 1 fully saturated rings. The lowest BCUT2D eigenvalue weighted by molar-refractivity contribution is -0.138. The number of imidazole rings is 1. The van der Waals surface area contributed by atoms with E-state index in [2.05, 4.69) is 10.3 Å². The van der Waals surface area contributed by atoms with Gasteiger partial charge in [0.05, 0.1) is 22.6 Å². The molecule has 208 valence electrons. The van der Waals surface area contributed by atoms with Crippen LogP contribution >= 0.6 is 11.6 Å². The van der Waals surface area contributed by atoms with Gasteiger partial charge < -0.3 is 15.0 Å². The number of carboxylic acids is 1. The summed E-state index contributed by atoms with van der Waals surface area (Å²) in [5.74, 6) is -5.33. The van der Waals surface area contributed by atoms with Crippen molar-refractivity contribution in [1.82, 2.24) is 9.55 Å². The number of carbonyl (C=O) groups is 2. The fourth-order valence-electron chi connectivity index (χ4n) is 5.42. The van der Waals surface area contributed by atoms with Crippen LogP contribution in [0.15, 0.2) is 54.6 Å². The van der Waals surface area contributed by atoms with Gasteiger partial charge in [0.15, 0.2) is 11.6 Å². The van der Waals surface area contributed by atoms with E-state index in [1.54, 1.807) is 28.8 Å². The Morgan fingerprint density at radius 3 is 2.30 bits per heavy atom. The van der Waals surface area contributed by atoms with Gasteiger partial charge in [0.2, 0.25) is 5.91 Å². The molecule has 1 aliphatic carbocycles. The van der Waals surface area contributed by atoms with Gasteiger partial charge in [-0.15, -0.1) is 0 Å². The molecule has 0 radical (unpaired) electrons. The quantitative estimate of drug-likeness (QED) is 0.239. The second kappa shape index (κ2) is 11.3. The van der Waals surface area contributed by atoms with Gasteiger partial charge in [0.1, 0.15) is 17.7 Å². The number of hydrogen-bond acceptors (Lipinski definition) is 3. The maximum atomic E-state index is 15.1. The monoisotopic (exact) mass is 569 g/mol. The number of carboxylic acid groups (broad SMARTS) is 1. The van der Waals surface area contributed by atoms with Crippen LogP contribution in [0.4, 0.5) is 18.9 Å². The first-order valence-corrected chi connectivity index (χ1v) is 13.5. The molecule has 2 N–H and O–H groups in total. The van der Waals surface area contributed by atoms with Gasteiger partial charge in [-0.2, -0.15) is 0 Å². The largest absolute Gasteiger partial charge is 0.481 e. The zero-order valence-corrected chi connectivity index (χ0v) is 22.4. The third kappa shape index (κ3) is 5.43. The van der Waals surface area contributed by atoms with Crippen molar-refractivity contribution in [2.45, 2.75) is 51.0 Å². The van der Waals surface area contributed by atoms with Gasteiger partial charge in [-0.3, -0.25) is 9.59 Å². The van der Waals surface area contributed by atoms with Gasteiger partial charge in [0.25, 0.3) is 0 Å². The predicted octanol–water partition coefficient (Wildman–Crippen LogP) is 7.72. The number of benzene rings is 3. The van der Waals surface area contributed by atoms with Crippen LogP contribution < -0.4 is 5.32 Å². The van der Waals surface area contributed by atoms with Gasteiger partial charge in [-0.05, 0) is 67.6 Å². The Kier molecular flexibility index (Phi) is 7.85. The topological polar surface area (TPSA) is 84.2 Å². The molecule has 2 unspecified atom stereocenters. The Morgan fingerprint density at radius 1 is 0.975 bits per heavy atom. The summed E-state index contributed by atoms with van der Waals surface area (Å²) in [5, 5.41) is 12.4. The Labute approximate surface area is 233 Å². The second-order valence-corrected chi connectivity index (χ2v) is 10.6. The highest BCUT2D eigenvalue weighted by Crippen LogP contribution is 2.39. The summed E-state index contributed by atoms with van der Waals surface area (Å²) >= 11 is 6.09. The Bertz CT molecular complexity index is 1580. The van der Waals surface area contributed by atoms with Crippen LogP contribution in [0.1, 0.15) is 56.6 Å². The third-order valence-electron chi connectivity index (χ3n) is 7.60. The molecule has 3 aromatic carbocycles. The number of aromatic nitrogens is 2. The van der Waals surface area contributed by atoms with Crippen LogP contribution in [0.25, 0.3) is 22.4 Å². The molecule has 4 aromatic rings. The second-order valence-electron chi connectivity index (χ2n) is 10.2. The maximum Gasteiger partial charge on any atom is 0.310 e. The molecule has 1 aliphatic rings. The first-order valence-electron chi connectivity index (χ1n) is 13.1. The van der Waals surface area contributed by atoms with Crippen molar-refractivity contribution in [3.8, 4) is 11.4 Å². The summed E-state index contributed by atoms with van der Waals surface area (Å²) < 4.78 is 45.5. The van der Waals surface area contributed by atoms with Crippen molar-refractivity contribution in [2.24, 2.45) is 5.92 Å². The molecule has 5 rings (SSSR count). The Hall–Kier alpha value is -3.85. The van der Waals surface area contributed by atoms with E-state index in [9.17, 15) is 23.5 Å². The van der Waals surface area contributed by atoms with Gasteiger partial charge in [0, 0.05) is 22.7 Å². The lowest BCUT2D eigenvalue weighted by Crippen LogP contribution is -2.34. The molecule has 1 heterocycles. The average Bonchev–Trinajstić information content (AvgIpc) is 3.28. The standard InChI is InChI=1S/C30H27ClF3N3O3/c1-16(30(39)40)19-9-12-24(23(34)13-19)36-29(38)27(17-5-3-2-4-6-17)37-26-15-22(33)21(32)14-25(26)35-28(37)18-7-10-20(31)11-8-18/h7-17,27H,2-6H2,1H3,(H,36,38)(H,39,40). The number of hydrogen-bond donors (Lipinski definition) is 2. The summed E-state index contributed by atoms with van der Waals surface area (Å²) in [5.41, 5.74) is 1.15. The van der Waals surface area contributed by atoms with E-state index in [1.165, 1.54) is 19.1 Å². The van der Waals surface area contributed by atoms with E-state index in [-0.39, 0.29) is 28.2 Å². The fraction of sp³-hybridized carbons (Fsp3) is 0.300. The molecule has 1 saturated carbocycles. The van der Waals surface area contributed by atoms with Crippen molar-refractivity contribution in [2.75, 3.05) is 5.32 Å².